The number of nitrogens with zero attached hydrogens (tertiary/aromatic N) is 4. The van der Waals surface area contributed by atoms with Crippen molar-refractivity contribution >= 4 is 28.3 Å². The van der Waals surface area contributed by atoms with Gasteiger partial charge in [0, 0.05) is 36.3 Å². The third-order valence-electron chi connectivity index (χ3n) is 5.06. The van der Waals surface area contributed by atoms with E-state index < -0.39 is 0 Å². The summed E-state index contributed by atoms with van der Waals surface area (Å²) in [6.45, 7) is 9.88. The summed E-state index contributed by atoms with van der Waals surface area (Å²) in [5, 5.41) is 9.22. The van der Waals surface area contributed by atoms with Crippen LogP contribution < -0.4 is 10.1 Å². The number of piperidine rings is 1. The molecule has 29 heavy (non-hydrogen) atoms. The lowest BCUT2D eigenvalue weighted by atomic mass is 10.1. The highest BCUT2D eigenvalue weighted by atomic mass is 35.5. The minimum Gasteiger partial charge on any atom is -0.492 e. The van der Waals surface area contributed by atoms with Gasteiger partial charge in [-0.25, -0.2) is 9.67 Å². The number of likely N-dealkylation sites (tertiary alicyclic amines) is 1. The van der Waals surface area contributed by atoms with Gasteiger partial charge in [-0.15, -0.1) is 5.10 Å². The topological polar surface area (TPSA) is 55.2 Å². The SMILES string of the molecule is [CH2+]C(C)Nc1ccn(-c2cc(Cl)c3ccc(OCCN4CCCCC4)cc3n2)n1. The van der Waals surface area contributed by atoms with Gasteiger partial charge in [-0.2, -0.15) is 0 Å². The Bertz CT molecular complexity index is 965. The van der Waals surface area contributed by atoms with E-state index in [0.29, 0.717) is 17.4 Å². The molecule has 3 aromatic rings. The van der Waals surface area contributed by atoms with Crippen LogP contribution in [0.1, 0.15) is 26.2 Å². The Hall–Kier alpha value is -2.44. The van der Waals surface area contributed by atoms with Crippen LogP contribution in [0.4, 0.5) is 5.82 Å². The molecule has 1 saturated heterocycles. The fraction of sp³-hybridized carbons (Fsp3) is 0.409. The van der Waals surface area contributed by atoms with Crippen LogP contribution in [0, 0.1) is 6.92 Å². The zero-order chi connectivity index (χ0) is 20.2. The molecule has 4 rings (SSSR count). The molecule has 3 heterocycles. The Labute approximate surface area is 176 Å². The number of aromatic nitrogens is 3. The minimum atomic E-state index is 0.0659. The highest BCUT2D eigenvalue weighted by Gasteiger charge is 2.12. The number of hydrogen-bond acceptors (Lipinski definition) is 5. The van der Waals surface area contributed by atoms with Crippen LogP contribution in [-0.2, 0) is 0 Å². The number of halogens is 1. The lowest BCUT2D eigenvalue weighted by molar-refractivity contribution is 0.183. The molecule has 1 N–H and O–H groups in total. The Kier molecular flexibility index (Phi) is 6.11. The number of anilines is 1. The number of ether oxygens (including phenoxy) is 1. The molecule has 0 aliphatic carbocycles. The van der Waals surface area contributed by atoms with E-state index in [1.165, 1.54) is 32.4 Å². The van der Waals surface area contributed by atoms with E-state index in [1.807, 2.05) is 43.5 Å². The molecule has 1 fully saturated rings. The van der Waals surface area contributed by atoms with Gasteiger partial charge in [-0.05, 0) is 45.0 Å². The van der Waals surface area contributed by atoms with E-state index >= 15 is 0 Å². The van der Waals surface area contributed by atoms with Gasteiger partial charge in [0.25, 0.3) is 0 Å². The molecule has 7 heteroatoms. The lowest BCUT2D eigenvalue weighted by Gasteiger charge is -2.26. The summed E-state index contributed by atoms with van der Waals surface area (Å²) in [4.78, 5) is 7.21. The third-order valence-corrected chi connectivity index (χ3v) is 5.37. The molecular formula is C22H27ClN5O+. The monoisotopic (exact) mass is 412 g/mol. The van der Waals surface area contributed by atoms with Crippen molar-refractivity contribution in [2.24, 2.45) is 0 Å². The average Bonchev–Trinajstić information content (AvgIpc) is 3.16. The summed E-state index contributed by atoms with van der Waals surface area (Å²) < 4.78 is 7.69. The molecule has 1 aliphatic heterocycles. The summed E-state index contributed by atoms with van der Waals surface area (Å²) in [7, 11) is 0. The molecule has 0 amide bonds. The number of nitrogens with one attached hydrogen (secondary N) is 1. The third kappa shape index (κ3) is 4.95. The molecule has 6 nitrogen and oxygen atoms in total. The second-order valence-corrected chi connectivity index (χ2v) is 7.99. The largest absolute Gasteiger partial charge is 0.492 e. The Morgan fingerprint density at radius 2 is 2.03 bits per heavy atom. The average molecular weight is 413 g/mol. The molecular weight excluding hydrogens is 386 g/mol. The minimum absolute atomic E-state index is 0.0659. The number of benzene rings is 1. The van der Waals surface area contributed by atoms with Gasteiger partial charge in [-0.3, -0.25) is 4.90 Å². The van der Waals surface area contributed by atoms with Crippen molar-refractivity contribution in [1.82, 2.24) is 19.7 Å². The second-order valence-electron chi connectivity index (χ2n) is 7.58. The number of pyridine rings is 1. The zero-order valence-corrected chi connectivity index (χ0v) is 17.5. The van der Waals surface area contributed by atoms with Crippen LogP contribution in [-0.4, -0.2) is 51.9 Å². The van der Waals surface area contributed by atoms with Gasteiger partial charge >= 0.3 is 0 Å². The van der Waals surface area contributed by atoms with Crippen molar-refractivity contribution in [1.29, 1.82) is 0 Å². The van der Waals surface area contributed by atoms with Crippen LogP contribution in [0.25, 0.3) is 16.7 Å². The predicted octanol–water partition coefficient (Wildman–Crippen LogP) is 4.57. The van der Waals surface area contributed by atoms with E-state index in [-0.39, 0.29) is 6.04 Å². The summed E-state index contributed by atoms with van der Waals surface area (Å²) >= 11 is 6.51. The van der Waals surface area contributed by atoms with Gasteiger partial charge in [0.15, 0.2) is 17.7 Å². The first-order valence-corrected chi connectivity index (χ1v) is 10.6. The first-order valence-electron chi connectivity index (χ1n) is 10.2. The molecule has 0 saturated carbocycles. The fourth-order valence-corrected chi connectivity index (χ4v) is 3.87. The van der Waals surface area contributed by atoms with Crippen molar-refractivity contribution < 1.29 is 4.74 Å². The van der Waals surface area contributed by atoms with Crippen molar-refractivity contribution in [2.45, 2.75) is 32.2 Å². The van der Waals surface area contributed by atoms with Crippen LogP contribution in [0.5, 0.6) is 5.75 Å². The van der Waals surface area contributed by atoms with Crippen LogP contribution in [0.2, 0.25) is 5.02 Å². The molecule has 0 radical (unpaired) electrons. The standard InChI is InChI=1S/C22H27ClN5O/c1-16(2)24-21-8-11-28(26-21)22-15-19(23)18-7-6-17(14-20(18)25-22)29-13-12-27-9-4-3-5-10-27/h6-8,11,14-16H,1,3-5,9-10,12-13H2,2H3,(H,24,26)/q+1. The van der Waals surface area contributed by atoms with Gasteiger partial charge in [0.2, 0.25) is 0 Å². The lowest BCUT2D eigenvalue weighted by Crippen LogP contribution is -2.33. The summed E-state index contributed by atoms with van der Waals surface area (Å²) in [6, 6.07) is 9.65. The van der Waals surface area contributed by atoms with Crippen LogP contribution in [0.15, 0.2) is 36.5 Å². The Morgan fingerprint density at radius 3 is 2.83 bits per heavy atom. The van der Waals surface area contributed by atoms with E-state index in [1.54, 1.807) is 4.68 Å². The summed E-state index contributed by atoms with van der Waals surface area (Å²) in [5.41, 5.74) is 0.790. The number of fused-ring (bicyclic) bond motifs is 1. The van der Waals surface area contributed by atoms with E-state index in [4.69, 9.17) is 21.3 Å². The van der Waals surface area contributed by atoms with Crippen LogP contribution in [0.3, 0.4) is 0 Å². The first-order chi connectivity index (χ1) is 14.1. The number of hydrogen-bond donors (Lipinski definition) is 1. The molecule has 1 unspecified atom stereocenters. The highest BCUT2D eigenvalue weighted by Crippen LogP contribution is 2.28. The molecule has 0 bridgehead atoms. The number of rotatable bonds is 7. The fourth-order valence-electron chi connectivity index (χ4n) is 3.62. The van der Waals surface area contributed by atoms with Crippen molar-refractivity contribution in [3.05, 3.63) is 48.5 Å². The molecule has 2 aromatic heterocycles. The summed E-state index contributed by atoms with van der Waals surface area (Å²) in [6.07, 6.45) is 5.78. The quantitative estimate of drug-likeness (QED) is 0.576. The maximum Gasteiger partial charge on any atom is 0.163 e. The van der Waals surface area contributed by atoms with Gasteiger partial charge < -0.3 is 10.1 Å². The normalized spacial score (nSPS) is 16.1. The molecule has 1 aliphatic rings. The molecule has 0 spiro atoms. The van der Waals surface area contributed by atoms with E-state index in [9.17, 15) is 0 Å². The van der Waals surface area contributed by atoms with Gasteiger partial charge in [-0.1, -0.05) is 18.0 Å². The smallest absolute Gasteiger partial charge is 0.163 e. The summed E-state index contributed by atoms with van der Waals surface area (Å²) in [5.74, 6) is 2.22. The second kappa shape index (κ2) is 8.93. The maximum absolute atomic E-state index is 6.51. The predicted molar refractivity (Wildman–Crippen MR) is 118 cm³/mol. The first kappa shape index (κ1) is 19.9. The van der Waals surface area contributed by atoms with Crippen molar-refractivity contribution in [2.75, 3.05) is 31.6 Å². The van der Waals surface area contributed by atoms with E-state index in [0.717, 1.165) is 29.0 Å². The van der Waals surface area contributed by atoms with E-state index in [2.05, 4.69) is 22.2 Å². The van der Waals surface area contributed by atoms with Gasteiger partial charge in [0.05, 0.1) is 17.5 Å². The van der Waals surface area contributed by atoms with Gasteiger partial charge in [0.1, 0.15) is 12.4 Å². The van der Waals surface area contributed by atoms with Crippen molar-refractivity contribution in [3.63, 3.8) is 0 Å². The maximum atomic E-state index is 6.51. The molecule has 1 atom stereocenters. The van der Waals surface area contributed by atoms with Crippen LogP contribution >= 0.6 is 11.6 Å². The molecule has 1 aromatic carbocycles. The Morgan fingerprint density at radius 1 is 1.21 bits per heavy atom. The zero-order valence-electron chi connectivity index (χ0n) is 16.8. The van der Waals surface area contributed by atoms with Crippen molar-refractivity contribution in [3.8, 4) is 11.6 Å². The Balaban J connectivity index is 1.50. The molecule has 152 valence electrons. The highest BCUT2D eigenvalue weighted by molar-refractivity contribution is 6.35.